The summed E-state index contributed by atoms with van der Waals surface area (Å²) < 4.78 is 17.1. The van der Waals surface area contributed by atoms with E-state index in [2.05, 4.69) is 39.4 Å². The van der Waals surface area contributed by atoms with E-state index >= 15 is 0 Å². The maximum absolute atomic E-state index is 10.4. The van der Waals surface area contributed by atoms with E-state index in [0.717, 1.165) is 78.7 Å². The molecule has 7 heteroatoms. The van der Waals surface area contributed by atoms with E-state index in [0.29, 0.717) is 13.2 Å². The summed E-state index contributed by atoms with van der Waals surface area (Å²) in [6.45, 7) is 10.5. The molecule has 1 aromatic rings. The first-order valence-electron chi connectivity index (χ1n) is 10.9. The Balaban J connectivity index is 1.36. The van der Waals surface area contributed by atoms with Crippen molar-refractivity contribution in [2.75, 3.05) is 85.4 Å². The van der Waals surface area contributed by atoms with Gasteiger partial charge >= 0.3 is 0 Å². The molecule has 0 spiro atoms. The third-order valence-corrected chi connectivity index (χ3v) is 5.47. The number of rotatable bonds is 12. The highest BCUT2D eigenvalue weighted by molar-refractivity contribution is 5.14. The third kappa shape index (κ3) is 9.09. The zero-order valence-corrected chi connectivity index (χ0v) is 17.5. The van der Waals surface area contributed by atoms with Crippen LogP contribution in [0.1, 0.15) is 5.56 Å². The second-order valence-corrected chi connectivity index (χ2v) is 7.87. The Hall–Kier alpha value is -1.06. The van der Waals surface area contributed by atoms with Gasteiger partial charge in [0, 0.05) is 45.8 Å². The Morgan fingerprint density at radius 2 is 1.52 bits per heavy atom. The summed E-state index contributed by atoms with van der Waals surface area (Å²) in [5, 5.41) is 13.7. The van der Waals surface area contributed by atoms with Gasteiger partial charge in [0.05, 0.1) is 45.2 Å². The Kier molecular flexibility index (Phi) is 10.4. The van der Waals surface area contributed by atoms with E-state index in [-0.39, 0.29) is 6.10 Å². The standard InChI is InChI=1S/C22H37N3O4/c26-21(16-23-7-6-20-4-2-1-3-5-20)19-29-22(17-24-8-12-27-13-9-24)18-25-10-14-28-15-11-25/h1-5,21-23,26H,6-19H2. The van der Waals surface area contributed by atoms with Crippen LogP contribution in [0.15, 0.2) is 30.3 Å². The SMILES string of the molecule is OC(CNCCc1ccccc1)COC(CN1CCOCC1)CN1CCOCC1. The number of morpholine rings is 2. The molecule has 1 unspecified atom stereocenters. The fourth-order valence-corrected chi connectivity index (χ4v) is 3.76. The van der Waals surface area contributed by atoms with Crippen LogP contribution in [0.2, 0.25) is 0 Å². The zero-order chi connectivity index (χ0) is 20.2. The van der Waals surface area contributed by atoms with Crippen LogP contribution in [-0.4, -0.2) is 113 Å². The number of nitrogens with one attached hydrogen (secondary N) is 1. The largest absolute Gasteiger partial charge is 0.389 e. The van der Waals surface area contributed by atoms with Gasteiger partial charge in [0.1, 0.15) is 0 Å². The molecule has 164 valence electrons. The highest BCUT2D eigenvalue weighted by Gasteiger charge is 2.22. The molecule has 0 saturated carbocycles. The molecule has 1 atom stereocenters. The van der Waals surface area contributed by atoms with Crippen LogP contribution in [0.25, 0.3) is 0 Å². The second-order valence-electron chi connectivity index (χ2n) is 7.87. The van der Waals surface area contributed by atoms with Crippen molar-refractivity contribution in [3.05, 3.63) is 35.9 Å². The van der Waals surface area contributed by atoms with Gasteiger partial charge in [-0.25, -0.2) is 0 Å². The van der Waals surface area contributed by atoms with E-state index in [9.17, 15) is 5.11 Å². The lowest BCUT2D eigenvalue weighted by Gasteiger charge is -2.34. The summed E-state index contributed by atoms with van der Waals surface area (Å²) in [6, 6.07) is 10.4. The van der Waals surface area contributed by atoms with Crippen LogP contribution in [0.3, 0.4) is 0 Å². The normalized spacial score (nSPS) is 20.2. The minimum absolute atomic E-state index is 0.0881. The molecule has 29 heavy (non-hydrogen) atoms. The molecule has 0 radical (unpaired) electrons. The van der Waals surface area contributed by atoms with Gasteiger partial charge in [-0.1, -0.05) is 30.3 Å². The number of aliphatic hydroxyl groups excluding tert-OH is 1. The van der Waals surface area contributed by atoms with Gasteiger partial charge in [0.25, 0.3) is 0 Å². The molecule has 0 bridgehead atoms. The predicted octanol–water partition coefficient (Wildman–Crippen LogP) is 0.229. The van der Waals surface area contributed by atoms with E-state index in [1.54, 1.807) is 0 Å². The number of aliphatic hydroxyl groups is 1. The van der Waals surface area contributed by atoms with Gasteiger partial charge in [-0.3, -0.25) is 9.80 Å². The first kappa shape index (κ1) is 22.6. The highest BCUT2D eigenvalue weighted by Crippen LogP contribution is 2.07. The maximum Gasteiger partial charge on any atom is 0.0897 e. The number of ether oxygens (including phenoxy) is 3. The quantitative estimate of drug-likeness (QED) is 0.481. The third-order valence-electron chi connectivity index (χ3n) is 5.47. The van der Waals surface area contributed by atoms with E-state index in [1.165, 1.54) is 5.56 Å². The lowest BCUT2D eigenvalue weighted by Crippen LogP contribution is -2.48. The van der Waals surface area contributed by atoms with Gasteiger partial charge in [0.15, 0.2) is 0 Å². The summed E-state index contributed by atoms with van der Waals surface area (Å²) in [5.74, 6) is 0. The smallest absolute Gasteiger partial charge is 0.0897 e. The Morgan fingerprint density at radius 1 is 0.931 bits per heavy atom. The monoisotopic (exact) mass is 407 g/mol. The van der Waals surface area contributed by atoms with Crippen molar-refractivity contribution in [3.8, 4) is 0 Å². The van der Waals surface area contributed by atoms with Gasteiger partial charge < -0.3 is 24.6 Å². The fraction of sp³-hybridized carbons (Fsp3) is 0.727. The van der Waals surface area contributed by atoms with Crippen LogP contribution in [-0.2, 0) is 20.6 Å². The Morgan fingerprint density at radius 3 is 2.10 bits per heavy atom. The molecule has 0 aromatic heterocycles. The maximum atomic E-state index is 10.4. The number of hydrogen-bond donors (Lipinski definition) is 2. The minimum atomic E-state index is -0.498. The lowest BCUT2D eigenvalue weighted by molar-refractivity contribution is -0.0596. The lowest BCUT2D eigenvalue weighted by atomic mass is 10.1. The molecule has 2 aliphatic rings. The van der Waals surface area contributed by atoms with Crippen molar-refractivity contribution in [2.45, 2.75) is 18.6 Å². The van der Waals surface area contributed by atoms with Gasteiger partial charge in [-0.15, -0.1) is 0 Å². The summed E-state index contributed by atoms with van der Waals surface area (Å²) in [7, 11) is 0. The van der Waals surface area contributed by atoms with Gasteiger partial charge in [0.2, 0.25) is 0 Å². The summed E-state index contributed by atoms with van der Waals surface area (Å²) in [5.41, 5.74) is 1.31. The van der Waals surface area contributed by atoms with Gasteiger partial charge in [-0.05, 0) is 18.5 Å². The van der Waals surface area contributed by atoms with Crippen LogP contribution in [0, 0.1) is 0 Å². The van der Waals surface area contributed by atoms with Crippen molar-refractivity contribution in [2.24, 2.45) is 0 Å². The zero-order valence-electron chi connectivity index (χ0n) is 17.5. The van der Waals surface area contributed by atoms with Crippen molar-refractivity contribution >= 4 is 0 Å². The van der Waals surface area contributed by atoms with Crippen LogP contribution >= 0.6 is 0 Å². The first-order valence-corrected chi connectivity index (χ1v) is 10.9. The second kappa shape index (κ2) is 13.3. The number of hydrogen-bond acceptors (Lipinski definition) is 7. The average molecular weight is 408 g/mol. The van der Waals surface area contributed by atoms with E-state index < -0.39 is 6.10 Å². The Bertz CT molecular complexity index is 516. The molecule has 7 nitrogen and oxygen atoms in total. The van der Waals surface area contributed by atoms with Crippen LogP contribution in [0.5, 0.6) is 0 Å². The predicted molar refractivity (Wildman–Crippen MR) is 113 cm³/mol. The fourth-order valence-electron chi connectivity index (χ4n) is 3.76. The number of nitrogens with zero attached hydrogens (tertiary/aromatic N) is 2. The molecular weight excluding hydrogens is 370 g/mol. The van der Waals surface area contributed by atoms with Crippen molar-refractivity contribution in [3.63, 3.8) is 0 Å². The molecule has 0 aliphatic carbocycles. The molecule has 3 rings (SSSR count). The van der Waals surface area contributed by atoms with Gasteiger partial charge in [-0.2, -0.15) is 0 Å². The van der Waals surface area contributed by atoms with Crippen molar-refractivity contribution in [1.29, 1.82) is 0 Å². The van der Waals surface area contributed by atoms with Crippen molar-refractivity contribution < 1.29 is 19.3 Å². The highest BCUT2D eigenvalue weighted by atomic mass is 16.5. The van der Waals surface area contributed by atoms with Crippen LogP contribution < -0.4 is 5.32 Å². The summed E-state index contributed by atoms with van der Waals surface area (Å²) >= 11 is 0. The van der Waals surface area contributed by atoms with Crippen molar-refractivity contribution in [1.82, 2.24) is 15.1 Å². The molecule has 2 aliphatic heterocycles. The number of benzene rings is 1. The van der Waals surface area contributed by atoms with E-state index in [4.69, 9.17) is 14.2 Å². The first-order chi connectivity index (χ1) is 14.3. The average Bonchev–Trinajstić information content (AvgIpc) is 2.77. The molecule has 2 heterocycles. The van der Waals surface area contributed by atoms with E-state index in [1.807, 2.05) is 6.07 Å². The molecule has 1 aromatic carbocycles. The molecular formula is C22H37N3O4. The summed E-state index contributed by atoms with van der Waals surface area (Å²) in [6.07, 6.45) is 0.554. The molecule has 0 amide bonds. The summed E-state index contributed by atoms with van der Waals surface area (Å²) in [4.78, 5) is 4.80. The molecule has 2 fully saturated rings. The van der Waals surface area contributed by atoms with Crippen LogP contribution in [0.4, 0.5) is 0 Å². The Labute approximate surface area is 174 Å². The molecule has 2 saturated heterocycles. The topological polar surface area (TPSA) is 66.4 Å². The molecule has 2 N–H and O–H groups in total. The minimum Gasteiger partial charge on any atom is -0.389 e.